The predicted molar refractivity (Wildman–Crippen MR) is 68.9 cm³/mol. The number of carbonyl (C=O) groups is 1. The second-order valence-electron chi connectivity index (χ2n) is 5.31. The summed E-state index contributed by atoms with van der Waals surface area (Å²) in [6.45, 7) is 3.90. The Morgan fingerprint density at radius 1 is 1.41 bits per heavy atom. The van der Waals surface area contributed by atoms with Crippen LogP contribution in [0.5, 0.6) is 0 Å². The number of nitrogens with zero attached hydrogens (tertiary/aromatic N) is 1. The van der Waals surface area contributed by atoms with E-state index in [4.69, 9.17) is 0 Å². The van der Waals surface area contributed by atoms with Crippen LogP contribution in [0.3, 0.4) is 0 Å². The molecule has 0 bridgehead atoms. The zero-order chi connectivity index (χ0) is 11.7. The first-order valence-electron chi connectivity index (χ1n) is 6.27. The first-order valence-corrected chi connectivity index (χ1v) is 7.21. The van der Waals surface area contributed by atoms with Crippen molar-refractivity contribution in [3.8, 4) is 0 Å². The van der Waals surface area contributed by atoms with Crippen LogP contribution in [0.25, 0.3) is 0 Å². The molecule has 2 saturated heterocycles. The fraction of sp³-hybridized carbons (Fsp3) is 0.615. The van der Waals surface area contributed by atoms with E-state index in [-0.39, 0.29) is 5.41 Å². The summed E-state index contributed by atoms with van der Waals surface area (Å²) < 4.78 is 0. The van der Waals surface area contributed by atoms with Gasteiger partial charge >= 0.3 is 0 Å². The summed E-state index contributed by atoms with van der Waals surface area (Å²) in [7, 11) is 0. The molecule has 0 saturated carbocycles. The molecule has 3 rings (SSSR count). The quantitative estimate of drug-likeness (QED) is 0.869. The van der Waals surface area contributed by atoms with E-state index in [9.17, 15) is 4.79 Å². The molecule has 2 aliphatic heterocycles. The van der Waals surface area contributed by atoms with Crippen molar-refractivity contribution in [2.75, 3.05) is 19.6 Å². The zero-order valence-corrected chi connectivity index (χ0v) is 10.8. The van der Waals surface area contributed by atoms with Crippen LogP contribution in [0.15, 0.2) is 16.8 Å². The highest BCUT2D eigenvalue weighted by Gasteiger charge is 2.43. The molecule has 1 aromatic rings. The molecule has 1 spiro atoms. The molecule has 0 aliphatic carbocycles. The first-order chi connectivity index (χ1) is 8.27. The number of likely N-dealkylation sites (tertiary alicyclic amines) is 1. The Morgan fingerprint density at radius 2 is 2.24 bits per heavy atom. The van der Waals surface area contributed by atoms with Crippen LogP contribution in [0.4, 0.5) is 0 Å². The second kappa shape index (κ2) is 4.42. The van der Waals surface area contributed by atoms with Crippen molar-refractivity contribution in [2.24, 2.45) is 5.41 Å². The Kier molecular flexibility index (Phi) is 2.92. The van der Waals surface area contributed by atoms with Gasteiger partial charge in [0, 0.05) is 19.5 Å². The number of amides is 1. The number of rotatable bonds is 2. The third kappa shape index (κ3) is 2.24. The lowest BCUT2D eigenvalue weighted by Gasteiger charge is -2.33. The van der Waals surface area contributed by atoms with Crippen LogP contribution in [0, 0.1) is 5.41 Å². The van der Waals surface area contributed by atoms with Gasteiger partial charge in [0.1, 0.15) is 0 Å². The van der Waals surface area contributed by atoms with Gasteiger partial charge in [-0.05, 0) is 53.7 Å². The van der Waals surface area contributed by atoms with E-state index in [2.05, 4.69) is 22.1 Å². The van der Waals surface area contributed by atoms with Crippen molar-refractivity contribution < 1.29 is 4.79 Å². The fourth-order valence-corrected chi connectivity index (χ4v) is 3.68. The van der Waals surface area contributed by atoms with E-state index in [0.717, 1.165) is 45.4 Å². The van der Waals surface area contributed by atoms with Crippen LogP contribution in [0.2, 0.25) is 0 Å². The largest absolute Gasteiger partial charge is 0.338 e. The molecule has 1 amide bonds. The van der Waals surface area contributed by atoms with Crippen LogP contribution in [-0.4, -0.2) is 30.4 Å². The molecule has 4 heteroatoms. The number of hydrogen-bond donors (Lipinski definition) is 1. The smallest absolute Gasteiger partial charge is 0.223 e. The molecule has 0 radical (unpaired) electrons. The van der Waals surface area contributed by atoms with Gasteiger partial charge in [0.15, 0.2) is 0 Å². The predicted octanol–water partition coefficient (Wildman–Crippen LogP) is 1.85. The van der Waals surface area contributed by atoms with E-state index in [0.29, 0.717) is 5.91 Å². The molecule has 2 fully saturated rings. The Bertz CT molecular complexity index is 396. The van der Waals surface area contributed by atoms with E-state index in [1.165, 1.54) is 5.56 Å². The van der Waals surface area contributed by atoms with Gasteiger partial charge in [-0.3, -0.25) is 4.79 Å². The topological polar surface area (TPSA) is 32.3 Å². The summed E-state index contributed by atoms with van der Waals surface area (Å²) in [6, 6.07) is 2.12. The van der Waals surface area contributed by atoms with Gasteiger partial charge in [0.05, 0.1) is 0 Å². The van der Waals surface area contributed by atoms with E-state index >= 15 is 0 Å². The summed E-state index contributed by atoms with van der Waals surface area (Å²) in [5.74, 6) is 0.345. The van der Waals surface area contributed by atoms with Crippen molar-refractivity contribution >= 4 is 17.2 Å². The molecule has 17 heavy (non-hydrogen) atoms. The molecule has 3 nitrogen and oxygen atoms in total. The molecule has 0 aromatic carbocycles. The summed E-state index contributed by atoms with van der Waals surface area (Å²) >= 11 is 1.70. The van der Waals surface area contributed by atoms with Crippen LogP contribution >= 0.6 is 11.3 Å². The molecule has 1 N–H and O–H groups in total. The minimum Gasteiger partial charge on any atom is -0.338 e. The molecular formula is C13H18N2OS. The Hall–Kier alpha value is -0.870. The molecule has 2 aliphatic rings. The molecule has 1 aromatic heterocycles. The van der Waals surface area contributed by atoms with Crippen molar-refractivity contribution in [1.29, 1.82) is 0 Å². The first kappa shape index (κ1) is 11.2. The Balaban J connectivity index is 1.69. The van der Waals surface area contributed by atoms with Gasteiger partial charge in [-0.2, -0.15) is 11.3 Å². The minimum absolute atomic E-state index is 0.276. The van der Waals surface area contributed by atoms with Gasteiger partial charge in [-0.1, -0.05) is 0 Å². The number of carbonyl (C=O) groups excluding carboxylic acids is 1. The van der Waals surface area contributed by atoms with E-state index in [1.807, 2.05) is 4.90 Å². The second-order valence-corrected chi connectivity index (χ2v) is 6.09. The molecule has 0 unspecified atom stereocenters. The van der Waals surface area contributed by atoms with Gasteiger partial charge in [-0.25, -0.2) is 0 Å². The maximum absolute atomic E-state index is 12.1. The van der Waals surface area contributed by atoms with E-state index in [1.54, 1.807) is 11.3 Å². The Morgan fingerprint density at radius 3 is 2.94 bits per heavy atom. The van der Waals surface area contributed by atoms with Crippen LogP contribution in [-0.2, 0) is 11.3 Å². The lowest BCUT2D eigenvalue weighted by atomic mass is 9.78. The van der Waals surface area contributed by atoms with Gasteiger partial charge in [0.25, 0.3) is 0 Å². The van der Waals surface area contributed by atoms with E-state index < -0.39 is 0 Å². The summed E-state index contributed by atoms with van der Waals surface area (Å²) in [4.78, 5) is 14.1. The summed E-state index contributed by atoms with van der Waals surface area (Å²) in [5.41, 5.74) is 1.55. The Labute approximate surface area is 106 Å². The van der Waals surface area contributed by atoms with Gasteiger partial charge < -0.3 is 10.2 Å². The SMILES string of the molecule is O=C1CC2(CCNCC2)CN1Cc1ccsc1. The van der Waals surface area contributed by atoms with Crippen molar-refractivity contribution in [3.05, 3.63) is 22.4 Å². The monoisotopic (exact) mass is 250 g/mol. The third-order valence-corrected chi connectivity index (χ3v) is 4.76. The minimum atomic E-state index is 0.276. The van der Waals surface area contributed by atoms with Crippen molar-refractivity contribution in [2.45, 2.75) is 25.8 Å². The lowest BCUT2D eigenvalue weighted by Crippen LogP contribution is -2.38. The highest BCUT2D eigenvalue weighted by molar-refractivity contribution is 7.07. The molecular weight excluding hydrogens is 232 g/mol. The molecule has 0 atom stereocenters. The average molecular weight is 250 g/mol. The maximum Gasteiger partial charge on any atom is 0.223 e. The number of nitrogens with one attached hydrogen (secondary N) is 1. The van der Waals surface area contributed by atoms with Crippen molar-refractivity contribution in [1.82, 2.24) is 10.2 Å². The number of hydrogen-bond acceptors (Lipinski definition) is 3. The molecule has 92 valence electrons. The average Bonchev–Trinajstić information content (AvgIpc) is 2.91. The van der Waals surface area contributed by atoms with Crippen LogP contribution < -0.4 is 5.32 Å². The fourth-order valence-electron chi connectivity index (χ4n) is 3.02. The number of piperidine rings is 1. The highest BCUT2D eigenvalue weighted by atomic mass is 32.1. The normalized spacial score (nSPS) is 23.5. The van der Waals surface area contributed by atoms with Crippen molar-refractivity contribution in [3.63, 3.8) is 0 Å². The molecule has 3 heterocycles. The maximum atomic E-state index is 12.1. The summed E-state index contributed by atoms with van der Waals surface area (Å²) in [5, 5.41) is 7.60. The van der Waals surface area contributed by atoms with Crippen LogP contribution in [0.1, 0.15) is 24.8 Å². The zero-order valence-electron chi connectivity index (χ0n) is 9.95. The lowest BCUT2D eigenvalue weighted by molar-refractivity contribution is -0.128. The van der Waals surface area contributed by atoms with Gasteiger partial charge in [0.2, 0.25) is 5.91 Å². The standard InChI is InChI=1S/C13H18N2OS/c16-12-7-13(2-4-14-5-3-13)10-15(12)8-11-1-6-17-9-11/h1,6,9,14H,2-5,7-8,10H2. The third-order valence-electron chi connectivity index (χ3n) is 4.02. The van der Waals surface area contributed by atoms with Gasteiger partial charge in [-0.15, -0.1) is 0 Å². The highest BCUT2D eigenvalue weighted by Crippen LogP contribution is 2.39. The number of thiophene rings is 1. The summed E-state index contributed by atoms with van der Waals surface area (Å²) in [6.07, 6.45) is 3.07.